The van der Waals surface area contributed by atoms with Gasteiger partial charge in [-0.3, -0.25) is 0 Å². The summed E-state index contributed by atoms with van der Waals surface area (Å²) in [6.45, 7) is 0. The molecule has 4 saturated carbocycles. The van der Waals surface area contributed by atoms with Crippen molar-refractivity contribution in [2.75, 3.05) is 5.32 Å². The molecule has 4 bridgehead atoms. The quantitative estimate of drug-likeness (QED) is 0.298. The molecule has 8 rings (SSSR count). The summed E-state index contributed by atoms with van der Waals surface area (Å²) in [6.07, 6.45) is 11.4. The maximum atomic E-state index is 3.84. The highest BCUT2D eigenvalue weighted by atomic mass is 14.9. The molecule has 0 saturated heterocycles. The molecule has 4 aromatic carbocycles. The maximum Gasteiger partial charge on any atom is 0.0419 e. The van der Waals surface area contributed by atoms with Gasteiger partial charge in [0.25, 0.3) is 0 Å². The Balaban J connectivity index is 1.13. The van der Waals surface area contributed by atoms with Crippen molar-refractivity contribution in [2.24, 2.45) is 23.7 Å². The summed E-state index contributed by atoms with van der Waals surface area (Å²) in [4.78, 5) is 0. The first-order valence-electron chi connectivity index (χ1n) is 14.8. The van der Waals surface area contributed by atoms with E-state index in [1.807, 2.05) is 0 Å². The number of nitrogens with one attached hydrogen (secondary N) is 1. The van der Waals surface area contributed by atoms with Crippen LogP contribution in [-0.4, -0.2) is 0 Å². The van der Waals surface area contributed by atoms with E-state index in [4.69, 9.17) is 0 Å². The predicted molar refractivity (Wildman–Crippen MR) is 155 cm³/mol. The minimum atomic E-state index is 0.730. The molecule has 0 heterocycles. The largest absolute Gasteiger partial charge is 0.355 e. The minimum Gasteiger partial charge on any atom is -0.355 e. The second-order valence-corrected chi connectivity index (χ2v) is 12.6. The van der Waals surface area contributed by atoms with Gasteiger partial charge in [0, 0.05) is 11.4 Å². The minimum absolute atomic E-state index is 0.730. The zero-order valence-corrected chi connectivity index (χ0v) is 21.7. The molecule has 0 radical (unpaired) electrons. The molecular formula is C36H37N. The Morgan fingerprint density at radius 2 is 1.24 bits per heavy atom. The highest BCUT2D eigenvalue weighted by molar-refractivity contribution is 5.99. The third kappa shape index (κ3) is 3.73. The molecule has 6 unspecified atom stereocenters. The van der Waals surface area contributed by atoms with Crippen molar-refractivity contribution in [1.29, 1.82) is 0 Å². The molecule has 0 amide bonds. The van der Waals surface area contributed by atoms with E-state index in [-0.39, 0.29) is 0 Å². The average molecular weight is 484 g/mol. The summed E-state index contributed by atoms with van der Waals surface area (Å²) in [5.74, 6) is 5.21. The Kier molecular flexibility index (Phi) is 5.20. The fourth-order valence-electron chi connectivity index (χ4n) is 9.00. The molecule has 1 heteroatoms. The topological polar surface area (TPSA) is 12.0 Å². The molecule has 4 aliphatic carbocycles. The van der Waals surface area contributed by atoms with Gasteiger partial charge in [-0.25, -0.2) is 0 Å². The van der Waals surface area contributed by atoms with Gasteiger partial charge in [-0.15, -0.1) is 0 Å². The first-order chi connectivity index (χ1) is 18.3. The van der Waals surface area contributed by atoms with E-state index in [1.54, 1.807) is 5.56 Å². The highest BCUT2D eigenvalue weighted by Crippen LogP contribution is 2.55. The van der Waals surface area contributed by atoms with Gasteiger partial charge in [-0.2, -0.15) is 0 Å². The van der Waals surface area contributed by atoms with Gasteiger partial charge in [0.05, 0.1) is 0 Å². The number of para-hydroxylation sites is 1. The summed E-state index contributed by atoms with van der Waals surface area (Å²) in [6, 6.07) is 32.2. The van der Waals surface area contributed by atoms with Gasteiger partial charge in [0.1, 0.15) is 0 Å². The normalized spacial score (nSPS) is 29.8. The Hall–Kier alpha value is -3.06. The third-order valence-corrected chi connectivity index (χ3v) is 10.6. The summed E-state index contributed by atoms with van der Waals surface area (Å²) in [5.41, 5.74) is 8.27. The van der Waals surface area contributed by atoms with Crippen molar-refractivity contribution >= 4 is 22.1 Å². The van der Waals surface area contributed by atoms with Crippen molar-refractivity contribution in [3.63, 3.8) is 0 Å². The van der Waals surface area contributed by atoms with Crippen molar-refractivity contribution in [3.05, 3.63) is 96.1 Å². The van der Waals surface area contributed by atoms with E-state index in [1.165, 1.54) is 90.2 Å². The smallest absolute Gasteiger partial charge is 0.0419 e. The number of anilines is 2. The highest BCUT2D eigenvalue weighted by Gasteiger charge is 2.41. The van der Waals surface area contributed by atoms with Crippen LogP contribution in [0.3, 0.4) is 0 Å². The second kappa shape index (κ2) is 8.76. The fourth-order valence-corrected chi connectivity index (χ4v) is 9.00. The van der Waals surface area contributed by atoms with Gasteiger partial charge in [0.15, 0.2) is 0 Å². The lowest BCUT2D eigenvalue weighted by Crippen LogP contribution is -2.10. The van der Waals surface area contributed by atoms with Crippen LogP contribution in [0.15, 0.2) is 84.9 Å². The van der Waals surface area contributed by atoms with Crippen molar-refractivity contribution in [1.82, 2.24) is 0 Å². The predicted octanol–water partition coefficient (Wildman–Crippen LogP) is 10.1. The molecule has 0 spiro atoms. The number of rotatable bonds is 5. The molecule has 0 aliphatic heterocycles. The summed E-state index contributed by atoms with van der Waals surface area (Å²) in [7, 11) is 0. The lowest BCUT2D eigenvalue weighted by atomic mass is 9.80. The van der Waals surface area contributed by atoms with Crippen LogP contribution in [0.25, 0.3) is 21.9 Å². The van der Waals surface area contributed by atoms with Gasteiger partial charge < -0.3 is 5.32 Å². The van der Waals surface area contributed by atoms with E-state index in [9.17, 15) is 0 Å². The summed E-state index contributed by atoms with van der Waals surface area (Å²) in [5, 5.41) is 6.72. The van der Waals surface area contributed by atoms with Crippen LogP contribution in [0, 0.1) is 23.7 Å². The Morgan fingerprint density at radius 3 is 1.97 bits per heavy atom. The SMILES string of the molecule is c1cc(Nc2ccccc2C2CC3CCC2C3)cc(-c2ccc(C3CC4CCC3C4)c3ccccc23)c1. The average Bonchev–Trinajstić information content (AvgIpc) is 3.76. The summed E-state index contributed by atoms with van der Waals surface area (Å²) >= 11 is 0. The maximum absolute atomic E-state index is 3.84. The molecule has 0 aromatic heterocycles. The molecule has 4 aromatic rings. The number of fused-ring (bicyclic) bond motifs is 5. The van der Waals surface area contributed by atoms with Crippen LogP contribution in [0.2, 0.25) is 0 Å². The molecule has 6 atom stereocenters. The van der Waals surface area contributed by atoms with E-state index in [2.05, 4.69) is 90.2 Å². The Bertz CT molecular complexity index is 1470. The molecule has 1 N–H and O–H groups in total. The molecule has 37 heavy (non-hydrogen) atoms. The van der Waals surface area contributed by atoms with Crippen LogP contribution in [0.4, 0.5) is 11.4 Å². The molecule has 4 aliphatic rings. The first-order valence-corrected chi connectivity index (χ1v) is 14.8. The lowest BCUT2D eigenvalue weighted by Gasteiger charge is -2.25. The molecule has 4 fully saturated rings. The second-order valence-electron chi connectivity index (χ2n) is 12.6. The molecule has 186 valence electrons. The number of benzene rings is 4. The van der Waals surface area contributed by atoms with E-state index in [0.717, 1.165) is 35.5 Å². The van der Waals surface area contributed by atoms with Gasteiger partial charge >= 0.3 is 0 Å². The standard InChI is InChI=1S/C36H37N/c1-2-9-31-30(8-1)29(16-17-32(31)34-20-23-12-14-26(34)18-23)25-6-5-7-28(22-25)37-36-11-4-3-10-33(36)35-21-24-13-15-27(35)19-24/h1-11,16-17,22-24,26-27,34-35,37H,12-15,18-21H2. The Morgan fingerprint density at radius 1 is 0.541 bits per heavy atom. The van der Waals surface area contributed by atoms with Gasteiger partial charge in [0.2, 0.25) is 0 Å². The van der Waals surface area contributed by atoms with Crippen LogP contribution in [0.5, 0.6) is 0 Å². The van der Waals surface area contributed by atoms with E-state index in [0.29, 0.717) is 0 Å². The Labute approximate surface area is 221 Å². The van der Waals surface area contributed by atoms with E-state index < -0.39 is 0 Å². The zero-order valence-electron chi connectivity index (χ0n) is 21.7. The number of hydrogen-bond acceptors (Lipinski definition) is 1. The van der Waals surface area contributed by atoms with Crippen LogP contribution in [0.1, 0.15) is 74.3 Å². The van der Waals surface area contributed by atoms with Gasteiger partial charge in [-0.1, -0.05) is 79.6 Å². The third-order valence-electron chi connectivity index (χ3n) is 10.6. The zero-order chi connectivity index (χ0) is 24.3. The number of hydrogen-bond donors (Lipinski definition) is 1. The fraction of sp³-hybridized carbons (Fsp3) is 0.389. The molecular weight excluding hydrogens is 446 g/mol. The molecule has 1 nitrogen and oxygen atoms in total. The van der Waals surface area contributed by atoms with Crippen LogP contribution in [-0.2, 0) is 0 Å². The van der Waals surface area contributed by atoms with Crippen molar-refractivity contribution < 1.29 is 0 Å². The first kappa shape index (κ1) is 22.0. The van der Waals surface area contributed by atoms with Crippen LogP contribution >= 0.6 is 0 Å². The van der Waals surface area contributed by atoms with Gasteiger partial charge in [-0.05, 0) is 125 Å². The monoisotopic (exact) mass is 483 g/mol. The van der Waals surface area contributed by atoms with Crippen molar-refractivity contribution in [3.8, 4) is 11.1 Å². The van der Waals surface area contributed by atoms with Crippen LogP contribution < -0.4 is 5.32 Å². The van der Waals surface area contributed by atoms with E-state index >= 15 is 0 Å². The lowest BCUT2D eigenvalue weighted by molar-refractivity contribution is 0.421. The van der Waals surface area contributed by atoms with Crippen molar-refractivity contribution in [2.45, 2.75) is 63.2 Å². The summed E-state index contributed by atoms with van der Waals surface area (Å²) < 4.78 is 0.